The Kier molecular flexibility index (Phi) is 8.20. The van der Waals surface area contributed by atoms with E-state index in [9.17, 15) is 0 Å². The lowest BCUT2D eigenvalue weighted by Crippen LogP contribution is -2.20. The minimum Gasteiger partial charge on any atom is -0.345 e. The monoisotopic (exact) mass is 306 g/mol. The molecule has 0 aromatic carbocycles. The number of nitrogens with one attached hydrogen (secondary N) is 1. The van der Waals surface area contributed by atoms with Crippen LogP contribution in [0.1, 0.15) is 116 Å². The zero-order valence-electron chi connectivity index (χ0n) is 15.9. The molecule has 0 bridgehead atoms. The van der Waals surface area contributed by atoms with Crippen molar-refractivity contribution in [1.29, 1.82) is 0 Å². The van der Waals surface area contributed by atoms with Crippen LogP contribution in [0.2, 0.25) is 0 Å². The topological polar surface area (TPSA) is 28.7 Å². The lowest BCUT2D eigenvalue weighted by Gasteiger charge is -2.25. The van der Waals surface area contributed by atoms with Crippen molar-refractivity contribution in [2.45, 2.75) is 111 Å². The third kappa shape index (κ3) is 5.44. The first-order valence-corrected chi connectivity index (χ1v) is 9.55. The van der Waals surface area contributed by atoms with Gasteiger partial charge in [-0.1, -0.05) is 73.6 Å². The van der Waals surface area contributed by atoms with Crippen LogP contribution in [0.3, 0.4) is 0 Å². The van der Waals surface area contributed by atoms with E-state index >= 15 is 0 Å². The number of hydrogen-bond donors (Lipinski definition) is 1. The van der Waals surface area contributed by atoms with E-state index in [1.165, 1.54) is 68.6 Å². The van der Waals surface area contributed by atoms with Gasteiger partial charge in [-0.25, -0.2) is 4.98 Å². The number of unbranched alkanes of at least 4 members (excludes halogenated alkanes) is 3. The summed E-state index contributed by atoms with van der Waals surface area (Å²) in [5, 5.41) is 0. The Morgan fingerprint density at radius 1 is 1.00 bits per heavy atom. The molecule has 0 aliphatic rings. The summed E-state index contributed by atoms with van der Waals surface area (Å²) in [4.78, 5) is 8.73. The van der Waals surface area contributed by atoms with E-state index in [1.807, 2.05) is 0 Å². The van der Waals surface area contributed by atoms with Crippen LogP contribution in [0.4, 0.5) is 0 Å². The van der Waals surface area contributed by atoms with Crippen LogP contribution in [-0.2, 0) is 11.8 Å². The number of rotatable bonds is 11. The van der Waals surface area contributed by atoms with Crippen molar-refractivity contribution in [3.63, 3.8) is 0 Å². The third-order valence-corrected chi connectivity index (χ3v) is 4.81. The second-order valence-electron chi connectivity index (χ2n) is 7.58. The standard InChI is InChI=1S/C20H38N2/c1-7-10-12-15-20(5,6)19-18(16(4)13-9-3)21-17(22-19)14-11-8-2/h16H,7-15H2,1-6H3,(H,21,22). The quantitative estimate of drug-likeness (QED) is 0.463. The highest BCUT2D eigenvalue weighted by Gasteiger charge is 2.28. The molecule has 2 heteroatoms. The van der Waals surface area contributed by atoms with Crippen molar-refractivity contribution in [2.75, 3.05) is 0 Å². The molecule has 1 N–H and O–H groups in total. The summed E-state index contributed by atoms with van der Waals surface area (Å²) < 4.78 is 0. The molecule has 0 amide bonds. The summed E-state index contributed by atoms with van der Waals surface area (Å²) in [6.45, 7) is 13.9. The number of H-pyrrole nitrogens is 1. The predicted octanol–water partition coefficient (Wildman–Crippen LogP) is 6.51. The molecule has 0 saturated heterocycles. The van der Waals surface area contributed by atoms with Gasteiger partial charge in [0.25, 0.3) is 0 Å². The van der Waals surface area contributed by atoms with E-state index < -0.39 is 0 Å². The van der Waals surface area contributed by atoms with Gasteiger partial charge in [-0.3, -0.25) is 0 Å². The van der Waals surface area contributed by atoms with Gasteiger partial charge in [0.15, 0.2) is 0 Å². The Morgan fingerprint density at radius 2 is 1.68 bits per heavy atom. The Balaban J connectivity index is 2.99. The SMILES string of the molecule is CCCCCC(C)(C)c1nc(CCCC)[nH]c1C(C)CCC. The van der Waals surface area contributed by atoms with Crippen molar-refractivity contribution in [3.05, 3.63) is 17.2 Å². The number of aryl methyl sites for hydroxylation is 1. The molecule has 1 aromatic rings. The van der Waals surface area contributed by atoms with Gasteiger partial charge in [-0.2, -0.15) is 0 Å². The number of imidazole rings is 1. The maximum Gasteiger partial charge on any atom is 0.106 e. The molecule has 0 saturated carbocycles. The van der Waals surface area contributed by atoms with Crippen LogP contribution in [-0.4, -0.2) is 9.97 Å². The maximum atomic E-state index is 5.05. The van der Waals surface area contributed by atoms with Crippen LogP contribution < -0.4 is 0 Å². The maximum absolute atomic E-state index is 5.05. The normalized spacial score (nSPS) is 13.5. The zero-order chi connectivity index (χ0) is 16.6. The number of aromatic amines is 1. The molecule has 128 valence electrons. The van der Waals surface area contributed by atoms with E-state index in [1.54, 1.807) is 0 Å². The molecular weight excluding hydrogens is 268 g/mol. The minimum atomic E-state index is 0.188. The summed E-state index contributed by atoms with van der Waals surface area (Å²) in [6, 6.07) is 0. The molecule has 0 aliphatic carbocycles. The number of hydrogen-bond acceptors (Lipinski definition) is 1. The molecule has 1 rings (SSSR count). The molecule has 1 aromatic heterocycles. The van der Waals surface area contributed by atoms with Crippen molar-refractivity contribution < 1.29 is 0 Å². The van der Waals surface area contributed by atoms with Crippen molar-refractivity contribution in [2.24, 2.45) is 0 Å². The van der Waals surface area contributed by atoms with Gasteiger partial charge in [-0.15, -0.1) is 0 Å². The first kappa shape index (κ1) is 19.3. The van der Waals surface area contributed by atoms with Crippen LogP contribution in [0, 0.1) is 0 Å². The summed E-state index contributed by atoms with van der Waals surface area (Å²) in [5.74, 6) is 1.80. The Bertz CT molecular complexity index is 417. The van der Waals surface area contributed by atoms with E-state index in [2.05, 4.69) is 46.5 Å². The molecule has 1 unspecified atom stereocenters. The van der Waals surface area contributed by atoms with Gasteiger partial charge in [0.1, 0.15) is 5.82 Å². The van der Waals surface area contributed by atoms with E-state index in [0.29, 0.717) is 5.92 Å². The summed E-state index contributed by atoms with van der Waals surface area (Å²) in [5.41, 5.74) is 2.94. The van der Waals surface area contributed by atoms with Crippen LogP contribution >= 0.6 is 0 Å². The second-order valence-corrected chi connectivity index (χ2v) is 7.58. The summed E-state index contributed by atoms with van der Waals surface area (Å²) in [6.07, 6.45) is 11.2. The fraction of sp³-hybridized carbons (Fsp3) is 0.850. The molecule has 1 heterocycles. The predicted molar refractivity (Wildman–Crippen MR) is 97.7 cm³/mol. The highest BCUT2D eigenvalue weighted by molar-refractivity contribution is 5.26. The van der Waals surface area contributed by atoms with Gasteiger partial charge in [0.05, 0.1) is 5.69 Å². The third-order valence-electron chi connectivity index (χ3n) is 4.81. The lowest BCUT2D eigenvalue weighted by molar-refractivity contribution is 0.432. The fourth-order valence-corrected chi connectivity index (χ4v) is 3.29. The largest absolute Gasteiger partial charge is 0.345 e. The molecule has 1 atom stereocenters. The molecule has 22 heavy (non-hydrogen) atoms. The number of nitrogens with zero attached hydrogens (tertiary/aromatic N) is 1. The van der Waals surface area contributed by atoms with Crippen molar-refractivity contribution in [3.8, 4) is 0 Å². The van der Waals surface area contributed by atoms with Gasteiger partial charge in [0.2, 0.25) is 0 Å². The number of aromatic nitrogens is 2. The summed E-state index contributed by atoms with van der Waals surface area (Å²) >= 11 is 0. The summed E-state index contributed by atoms with van der Waals surface area (Å²) in [7, 11) is 0. The van der Waals surface area contributed by atoms with E-state index in [4.69, 9.17) is 4.98 Å². The minimum absolute atomic E-state index is 0.188. The molecular formula is C20H38N2. The highest BCUT2D eigenvalue weighted by Crippen LogP contribution is 2.35. The van der Waals surface area contributed by atoms with E-state index in [-0.39, 0.29) is 5.41 Å². The first-order valence-electron chi connectivity index (χ1n) is 9.55. The van der Waals surface area contributed by atoms with Crippen molar-refractivity contribution in [1.82, 2.24) is 9.97 Å². The average molecular weight is 307 g/mol. The molecule has 0 spiro atoms. The average Bonchev–Trinajstić information content (AvgIpc) is 2.91. The van der Waals surface area contributed by atoms with Crippen LogP contribution in [0.5, 0.6) is 0 Å². The smallest absolute Gasteiger partial charge is 0.106 e. The second kappa shape index (κ2) is 9.37. The highest BCUT2D eigenvalue weighted by atomic mass is 14.9. The van der Waals surface area contributed by atoms with Gasteiger partial charge in [-0.05, 0) is 25.2 Å². The van der Waals surface area contributed by atoms with Gasteiger partial charge < -0.3 is 4.98 Å². The Hall–Kier alpha value is -0.790. The Labute approximate surface area is 138 Å². The van der Waals surface area contributed by atoms with Gasteiger partial charge in [0, 0.05) is 17.5 Å². The van der Waals surface area contributed by atoms with Crippen LogP contribution in [0.15, 0.2) is 0 Å². The van der Waals surface area contributed by atoms with Gasteiger partial charge >= 0.3 is 0 Å². The Morgan fingerprint density at radius 3 is 2.27 bits per heavy atom. The van der Waals surface area contributed by atoms with Crippen molar-refractivity contribution >= 4 is 0 Å². The molecule has 0 radical (unpaired) electrons. The first-order chi connectivity index (χ1) is 10.5. The van der Waals surface area contributed by atoms with E-state index in [0.717, 1.165) is 6.42 Å². The molecule has 0 fully saturated rings. The lowest BCUT2D eigenvalue weighted by atomic mass is 9.80. The van der Waals surface area contributed by atoms with Crippen LogP contribution in [0.25, 0.3) is 0 Å². The zero-order valence-corrected chi connectivity index (χ0v) is 15.9. The molecule has 0 aliphatic heterocycles. The molecule has 2 nitrogen and oxygen atoms in total. The fourth-order valence-electron chi connectivity index (χ4n) is 3.29.